The van der Waals surface area contributed by atoms with Gasteiger partial charge in [-0.15, -0.1) is 0 Å². The fourth-order valence-corrected chi connectivity index (χ4v) is 1.53. The molecule has 0 unspecified atom stereocenters. The molecule has 0 fully saturated rings. The number of carboxylic acids is 1. The maximum absolute atomic E-state index is 11.9. The number of ketones is 1. The number of aromatic amines is 1. The van der Waals surface area contributed by atoms with Gasteiger partial charge >= 0.3 is 5.97 Å². The number of hydrogen-bond acceptors (Lipinski definition) is 2. The Kier molecular flexibility index (Phi) is 2.97. The molecule has 2 N–H and O–H groups in total. The summed E-state index contributed by atoms with van der Waals surface area (Å²) in [5.74, 6) is -1.34. The van der Waals surface area contributed by atoms with Crippen LogP contribution in [0.4, 0.5) is 0 Å². The first-order valence-electron chi connectivity index (χ1n) is 4.80. The number of H-pyrrole nitrogens is 1. The van der Waals surface area contributed by atoms with Crippen molar-refractivity contribution < 1.29 is 14.7 Å². The minimum absolute atomic E-state index is 0.0577. The van der Waals surface area contributed by atoms with Gasteiger partial charge in [-0.05, 0) is 30.3 Å². The molecule has 0 aliphatic rings. The summed E-state index contributed by atoms with van der Waals surface area (Å²) in [6.45, 7) is 0. The van der Waals surface area contributed by atoms with Crippen molar-refractivity contribution >= 4 is 23.4 Å². The Morgan fingerprint density at radius 3 is 2.29 bits per heavy atom. The number of aromatic nitrogens is 1. The van der Waals surface area contributed by atoms with E-state index in [0.717, 1.165) is 0 Å². The van der Waals surface area contributed by atoms with Crippen molar-refractivity contribution in [3.05, 3.63) is 58.4 Å². The van der Waals surface area contributed by atoms with E-state index in [1.165, 1.54) is 12.3 Å². The average molecular weight is 250 g/mol. The average Bonchev–Trinajstić information content (AvgIpc) is 2.78. The minimum Gasteiger partial charge on any atom is -0.478 e. The van der Waals surface area contributed by atoms with Crippen molar-refractivity contribution in [1.29, 1.82) is 0 Å². The van der Waals surface area contributed by atoms with Crippen LogP contribution in [-0.2, 0) is 0 Å². The lowest BCUT2D eigenvalue weighted by Gasteiger charge is -1.98. The summed E-state index contributed by atoms with van der Waals surface area (Å²) in [6, 6.07) is 7.70. The Bertz CT molecular complexity index is 572. The molecule has 0 aliphatic heterocycles. The summed E-state index contributed by atoms with van der Waals surface area (Å²) in [7, 11) is 0. The van der Waals surface area contributed by atoms with Crippen molar-refractivity contribution in [2.75, 3.05) is 0 Å². The van der Waals surface area contributed by atoms with E-state index in [2.05, 4.69) is 4.98 Å². The van der Waals surface area contributed by atoms with Crippen LogP contribution in [-0.4, -0.2) is 21.8 Å². The third-order valence-electron chi connectivity index (χ3n) is 2.28. The minimum atomic E-state index is -1.07. The largest absolute Gasteiger partial charge is 0.478 e. The van der Waals surface area contributed by atoms with E-state index in [-0.39, 0.29) is 17.0 Å². The zero-order chi connectivity index (χ0) is 12.4. The van der Waals surface area contributed by atoms with Crippen molar-refractivity contribution in [2.24, 2.45) is 0 Å². The van der Waals surface area contributed by atoms with Crippen molar-refractivity contribution in [3.8, 4) is 0 Å². The van der Waals surface area contributed by atoms with Gasteiger partial charge in [-0.25, -0.2) is 4.79 Å². The van der Waals surface area contributed by atoms with Gasteiger partial charge in [0.05, 0.1) is 11.3 Å². The van der Waals surface area contributed by atoms with Crippen LogP contribution in [0, 0.1) is 0 Å². The van der Waals surface area contributed by atoms with E-state index in [4.69, 9.17) is 16.7 Å². The number of aromatic carboxylic acids is 1. The lowest BCUT2D eigenvalue weighted by molar-refractivity contribution is 0.0697. The number of hydrogen-bond donors (Lipinski definition) is 2. The van der Waals surface area contributed by atoms with Crippen LogP contribution >= 0.6 is 11.6 Å². The summed E-state index contributed by atoms with van der Waals surface area (Å²) in [6.07, 6.45) is 1.28. The highest BCUT2D eigenvalue weighted by Gasteiger charge is 2.13. The summed E-state index contributed by atoms with van der Waals surface area (Å²) < 4.78 is 0. The molecule has 4 nitrogen and oxygen atoms in total. The molecule has 1 heterocycles. The van der Waals surface area contributed by atoms with Gasteiger partial charge in [0.15, 0.2) is 0 Å². The van der Waals surface area contributed by atoms with Gasteiger partial charge in [0.1, 0.15) is 0 Å². The van der Waals surface area contributed by atoms with E-state index in [1.54, 1.807) is 24.3 Å². The van der Waals surface area contributed by atoms with Crippen LogP contribution in [0.2, 0.25) is 5.02 Å². The molecule has 17 heavy (non-hydrogen) atoms. The number of carboxylic acid groups (broad SMARTS) is 1. The van der Waals surface area contributed by atoms with E-state index < -0.39 is 5.97 Å². The Hall–Kier alpha value is -2.07. The normalized spacial score (nSPS) is 10.2. The highest BCUT2D eigenvalue weighted by molar-refractivity contribution is 6.30. The molecule has 2 aromatic rings. The molecular formula is C12H8ClNO3. The molecule has 0 bridgehead atoms. The highest BCUT2D eigenvalue weighted by Crippen LogP contribution is 2.14. The molecule has 0 atom stereocenters. The summed E-state index contributed by atoms with van der Waals surface area (Å²) in [5.41, 5.74) is 0.750. The van der Waals surface area contributed by atoms with Gasteiger partial charge in [-0.3, -0.25) is 4.79 Å². The van der Waals surface area contributed by atoms with Crippen LogP contribution in [0.15, 0.2) is 36.5 Å². The molecule has 0 saturated carbocycles. The predicted octanol–water partition coefficient (Wildman–Crippen LogP) is 2.60. The van der Waals surface area contributed by atoms with E-state index in [0.29, 0.717) is 10.6 Å². The second-order valence-electron chi connectivity index (χ2n) is 3.44. The number of rotatable bonds is 3. The van der Waals surface area contributed by atoms with Gasteiger partial charge in [0, 0.05) is 16.8 Å². The Balaban J connectivity index is 2.30. The molecule has 2 rings (SSSR count). The molecule has 0 aliphatic carbocycles. The lowest BCUT2D eigenvalue weighted by atomic mass is 10.1. The molecule has 1 aromatic heterocycles. The zero-order valence-electron chi connectivity index (χ0n) is 8.61. The number of nitrogens with one attached hydrogen (secondary N) is 1. The van der Waals surface area contributed by atoms with Gasteiger partial charge in [-0.2, -0.15) is 0 Å². The quantitative estimate of drug-likeness (QED) is 0.822. The van der Waals surface area contributed by atoms with Gasteiger partial charge in [0.2, 0.25) is 5.78 Å². The number of halogens is 1. The van der Waals surface area contributed by atoms with Gasteiger partial charge in [0.25, 0.3) is 0 Å². The SMILES string of the molecule is O=C(O)c1c[nH]c(C(=O)c2ccc(Cl)cc2)c1. The smallest absolute Gasteiger partial charge is 0.337 e. The van der Waals surface area contributed by atoms with Crippen LogP contribution in [0.5, 0.6) is 0 Å². The van der Waals surface area contributed by atoms with Crippen LogP contribution in [0.1, 0.15) is 26.4 Å². The Labute approximate surface area is 102 Å². The summed E-state index contributed by atoms with van der Waals surface area (Å²) in [4.78, 5) is 25.2. The van der Waals surface area contributed by atoms with E-state index in [1.807, 2.05) is 0 Å². The first-order valence-corrected chi connectivity index (χ1v) is 5.17. The third-order valence-corrected chi connectivity index (χ3v) is 2.53. The topological polar surface area (TPSA) is 70.2 Å². The number of carbonyl (C=O) groups excluding carboxylic acids is 1. The molecule has 0 saturated heterocycles. The highest BCUT2D eigenvalue weighted by atomic mass is 35.5. The third kappa shape index (κ3) is 2.37. The maximum atomic E-state index is 11.9. The molecule has 1 aromatic carbocycles. The molecule has 0 amide bonds. The predicted molar refractivity (Wildman–Crippen MR) is 62.6 cm³/mol. The monoisotopic (exact) mass is 249 g/mol. The van der Waals surface area contributed by atoms with Crippen molar-refractivity contribution in [3.63, 3.8) is 0 Å². The van der Waals surface area contributed by atoms with Gasteiger partial charge < -0.3 is 10.1 Å². The van der Waals surface area contributed by atoms with Crippen LogP contribution in [0.25, 0.3) is 0 Å². The first-order chi connectivity index (χ1) is 8.08. The fourth-order valence-electron chi connectivity index (χ4n) is 1.41. The number of carbonyl (C=O) groups is 2. The molecule has 0 spiro atoms. The van der Waals surface area contributed by atoms with Crippen molar-refractivity contribution in [2.45, 2.75) is 0 Å². The fraction of sp³-hybridized carbons (Fsp3) is 0. The molecule has 86 valence electrons. The lowest BCUT2D eigenvalue weighted by Crippen LogP contribution is -2.01. The summed E-state index contributed by atoms with van der Waals surface area (Å²) in [5, 5.41) is 9.28. The second kappa shape index (κ2) is 4.43. The Morgan fingerprint density at radius 1 is 1.12 bits per heavy atom. The van der Waals surface area contributed by atoms with E-state index in [9.17, 15) is 9.59 Å². The number of benzene rings is 1. The maximum Gasteiger partial charge on any atom is 0.337 e. The van der Waals surface area contributed by atoms with E-state index >= 15 is 0 Å². The Morgan fingerprint density at radius 2 is 1.76 bits per heavy atom. The second-order valence-corrected chi connectivity index (χ2v) is 3.88. The van der Waals surface area contributed by atoms with Crippen molar-refractivity contribution in [1.82, 2.24) is 4.98 Å². The van der Waals surface area contributed by atoms with Crippen LogP contribution < -0.4 is 0 Å². The first kappa shape index (κ1) is 11.4. The standard InChI is InChI=1S/C12H8ClNO3/c13-9-3-1-7(2-4-9)11(15)10-5-8(6-14-10)12(16)17/h1-6,14H,(H,16,17). The zero-order valence-corrected chi connectivity index (χ0v) is 9.36. The van der Waals surface area contributed by atoms with Gasteiger partial charge in [-0.1, -0.05) is 11.6 Å². The van der Waals surface area contributed by atoms with Crippen LogP contribution in [0.3, 0.4) is 0 Å². The molecule has 0 radical (unpaired) electrons. The summed E-state index contributed by atoms with van der Waals surface area (Å²) >= 11 is 5.71. The molecule has 5 heteroatoms. The molecular weight excluding hydrogens is 242 g/mol.